The number of ketones is 2. The van der Waals surface area contributed by atoms with Crippen LogP contribution < -0.4 is 9.47 Å². The van der Waals surface area contributed by atoms with Crippen molar-refractivity contribution in [3.63, 3.8) is 0 Å². The van der Waals surface area contributed by atoms with E-state index in [0.717, 1.165) is 14.5 Å². The first-order valence-corrected chi connectivity index (χ1v) is 10.3. The van der Waals surface area contributed by atoms with Gasteiger partial charge in [0.1, 0.15) is 11.5 Å². The number of halogens is 2. The van der Waals surface area contributed by atoms with Gasteiger partial charge in [0.15, 0.2) is 18.1 Å². The van der Waals surface area contributed by atoms with Gasteiger partial charge < -0.3 is 9.47 Å². The summed E-state index contributed by atoms with van der Waals surface area (Å²) in [6.45, 7) is -0.101. The molecule has 0 spiro atoms. The van der Waals surface area contributed by atoms with Gasteiger partial charge in [-0.25, -0.2) is 0 Å². The van der Waals surface area contributed by atoms with Gasteiger partial charge in [-0.05, 0) is 48.0 Å². The third-order valence-corrected chi connectivity index (χ3v) is 5.40. The Morgan fingerprint density at radius 2 is 1.59 bits per heavy atom. The fraction of sp³-hybridized carbons (Fsp3) is 0.0435. The van der Waals surface area contributed by atoms with Gasteiger partial charge in [-0.2, -0.15) is 0 Å². The van der Waals surface area contributed by atoms with Crippen LogP contribution in [0.5, 0.6) is 11.5 Å². The Bertz CT molecular complexity index is 1120. The number of allylic oxidation sites excluding steroid dienone is 1. The summed E-state index contributed by atoms with van der Waals surface area (Å²) in [5.74, 6) is 0.829. The van der Waals surface area contributed by atoms with Gasteiger partial charge in [0.2, 0.25) is 5.78 Å². The molecular weight excluding hydrogens is 500 g/mol. The van der Waals surface area contributed by atoms with Crippen LogP contribution in [0.3, 0.4) is 0 Å². The monoisotopic (exact) mass is 512 g/mol. The van der Waals surface area contributed by atoms with E-state index in [4.69, 9.17) is 9.47 Å². The molecule has 6 heteroatoms. The summed E-state index contributed by atoms with van der Waals surface area (Å²) in [7, 11) is 0. The number of ether oxygens (including phenoxy) is 2. The molecule has 0 atom stereocenters. The minimum Gasteiger partial charge on any atom is -0.485 e. The summed E-state index contributed by atoms with van der Waals surface area (Å²) in [5, 5.41) is 0. The van der Waals surface area contributed by atoms with Crippen LogP contribution in [-0.4, -0.2) is 18.2 Å². The van der Waals surface area contributed by atoms with Crippen molar-refractivity contribution in [2.75, 3.05) is 6.61 Å². The number of hydrogen-bond acceptors (Lipinski definition) is 4. The van der Waals surface area contributed by atoms with Crippen LogP contribution >= 0.6 is 31.9 Å². The second kappa shape index (κ2) is 8.35. The molecule has 0 fully saturated rings. The van der Waals surface area contributed by atoms with Gasteiger partial charge in [-0.15, -0.1) is 0 Å². The summed E-state index contributed by atoms with van der Waals surface area (Å²) in [4.78, 5) is 24.8. The van der Waals surface area contributed by atoms with Crippen molar-refractivity contribution in [3.8, 4) is 11.5 Å². The molecule has 0 bridgehead atoms. The maximum atomic E-state index is 12.6. The number of carbonyl (C=O) groups excluding carboxylic acids is 2. The normalized spacial score (nSPS) is 13.9. The SMILES string of the molecule is O=C(COc1ccc2c(c1)OC(=Cc1ccc(Br)cc1)C2=O)c1ccc(Br)cc1. The Morgan fingerprint density at radius 3 is 2.28 bits per heavy atom. The van der Waals surface area contributed by atoms with E-state index in [0.29, 0.717) is 22.6 Å². The Morgan fingerprint density at radius 1 is 0.931 bits per heavy atom. The minimum atomic E-state index is -0.180. The number of rotatable bonds is 5. The molecule has 0 aliphatic carbocycles. The average molecular weight is 514 g/mol. The predicted molar refractivity (Wildman–Crippen MR) is 117 cm³/mol. The first kappa shape index (κ1) is 19.6. The fourth-order valence-electron chi connectivity index (χ4n) is 2.84. The molecule has 0 saturated heterocycles. The molecule has 1 aliphatic rings. The maximum absolute atomic E-state index is 12.6. The van der Waals surface area contributed by atoms with E-state index >= 15 is 0 Å². The Hall–Kier alpha value is -2.70. The average Bonchev–Trinajstić information content (AvgIpc) is 3.03. The van der Waals surface area contributed by atoms with Crippen LogP contribution in [0.15, 0.2) is 81.4 Å². The third-order valence-electron chi connectivity index (χ3n) is 4.35. The molecule has 3 aromatic carbocycles. The van der Waals surface area contributed by atoms with Crippen molar-refractivity contribution in [2.45, 2.75) is 0 Å². The molecule has 0 radical (unpaired) electrons. The fourth-order valence-corrected chi connectivity index (χ4v) is 3.36. The van der Waals surface area contributed by atoms with E-state index < -0.39 is 0 Å². The zero-order chi connectivity index (χ0) is 20.4. The van der Waals surface area contributed by atoms with E-state index in [9.17, 15) is 9.59 Å². The number of hydrogen-bond donors (Lipinski definition) is 0. The van der Waals surface area contributed by atoms with Crippen LogP contribution in [0.1, 0.15) is 26.3 Å². The summed E-state index contributed by atoms with van der Waals surface area (Å²) < 4.78 is 13.2. The molecule has 1 heterocycles. The molecule has 1 aliphatic heterocycles. The quantitative estimate of drug-likeness (QED) is 0.306. The highest BCUT2D eigenvalue weighted by Crippen LogP contribution is 2.35. The maximum Gasteiger partial charge on any atom is 0.231 e. The first-order valence-electron chi connectivity index (χ1n) is 8.75. The van der Waals surface area contributed by atoms with Gasteiger partial charge >= 0.3 is 0 Å². The van der Waals surface area contributed by atoms with Crippen molar-refractivity contribution < 1.29 is 19.1 Å². The van der Waals surface area contributed by atoms with Crippen molar-refractivity contribution in [3.05, 3.63) is 98.1 Å². The minimum absolute atomic E-state index is 0.101. The summed E-state index contributed by atoms with van der Waals surface area (Å²) in [6, 6.07) is 19.6. The molecule has 3 aromatic rings. The lowest BCUT2D eigenvalue weighted by Crippen LogP contribution is -2.11. The van der Waals surface area contributed by atoms with Crippen LogP contribution in [0.4, 0.5) is 0 Å². The van der Waals surface area contributed by atoms with Gasteiger partial charge in [-0.1, -0.05) is 56.1 Å². The van der Waals surface area contributed by atoms with Gasteiger partial charge in [0, 0.05) is 20.6 Å². The standard InChI is InChI=1S/C23H14Br2O4/c24-16-5-1-14(2-6-16)11-22-23(27)19-10-9-18(12-21(19)29-22)28-13-20(26)15-3-7-17(25)8-4-15/h1-12H,13H2. The van der Waals surface area contributed by atoms with E-state index in [1.807, 2.05) is 24.3 Å². The number of Topliss-reactive ketones (excluding diaryl/α,β-unsaturated/α-hetero) is 2. The van der Waals surface area contributed by atoms with Crippen LogP contribution in [0, 0.1) is 0 Å². The molecule has 4 rings (SSSR count). The summed E-state index contributed by atoms with van der Waals surface area (Å²) in [5.41, 5.74) is 1.90. The lowest BCUT2D eigenvalue weighted by Gasteiger charge is -2.07. The van der Waals surface area contributed by atoms with E-state index in [1.165, 1.54) is 0 Å². The smallest absolute Gasteiger partial charge is 0.231 e. The van der Waals surface area contributed by atoms with Crippen molar-refractivity contribution >= 4 is 49.5 Å². The molecule has 0 amide bonds. The topological polar surface area (TPSA) is 52.6 Å². The molecule has 0 aromatic heterocycles. The van der Waals surface area contributed by atoms with E-state index in [-0.39, 0.29) is 23.9 Å². The number of benzene rings is 3. The predicted octanol–water partition coefficient (Wildman–Crippen LogP) is 6.09. The Balaban J connectivity index is 1.46. The zero-order valence-corrected chi connectivity index (χ0v) is 18.2. The highest BCUT2D eigenvalue weighted by molar-refractivity contribution is 9.10. The lowest BCUT2D eigenvalue weighted by molar-refractivity contribution is 0.0921. The second-order valence-corrected chi connectivity index (χ2v) is 8.20. The van der Waals surface area contributed by atoms with Gasteiger partial charge in [0.25, 0.3) is 0 Å². The highest BCUT2D eigenvalue weighted by Gasteiger charge is 2.27. The number of fused-ring (bicyclic) bond motifs is 1. The molecule has 0 unspecified atom stereocenters. The molecule has 4 nitrogen and oxygen atoms in total. The van der Waals surface area contributed by atoms with Crippen LogP contribution in [-0.2, 0) is 0 Å². The van der Waals surface area contributed by atoms with E-state index in [2.05, 4.69) is 31.9 Å². The van der Waals surface area contributed by atoms with Crippen LogP contribution in [0.25, 0.3) is 6.08 Å². The summed E-state index contributed by atoms with van der Waals surface area (Å²) in [6.07, 6.45) is 1.70. The molecule has 29 heavy (non-hydrogen) atoms. The van der Waals surface area contributed by atoms with E-state index in [1.54, 1.807) is 48.5 Å². The molecule has 0 saturated carbocycles. The molecule has 144 valence electrons. The molecular formula is C23H14Br2O4. The zero-order valence-electron chi connectivity index (χ0n) is 15.0. The second-order valence-electron chi connectivity index (χ2n) is 6.37. The number of carbonyl (C=O) groups is 2. The van der Waals surface area contributed by atoms with Crippen molar-refractivity contribution in [1.29, 1.82) is 0 Å². The third kappa shape index (κ3) is 4.49. The van der Waals surface area contributed by atoms with Gasteiger partial charge in [-0.3, -0.25) is 9.59 Å². The largest absolute Gasteiger partial charge is 0.485 e. The molecule has 0 N–H and O–H groups in total. The summed E-state index contributed by atoms with van der Waals surface area (Å²) >= 11 is 6.73. The first-order chi connectivity index (χ1) is 14.0. The van der Waals surface area contributed by atoms with Gasteiger partial charge in [0.05, 0.1) is 5.56 Å². The lowest BCUT2D eigenvalue weighted by atomic mass is 10.1. The van der Waals surface area contributed by atoms with Crippen LogP contribution in [0.2, 0.25) is 0 Å². The highest BCUT2D eigenvalue weighted by atomic mass is 79.9. The van der Waals surface area contributed by atoms with Crippen molar-refractivity contribution in [2.24, 2.45) is 0 Å². The Kier molecular flexibility index (Phi) is 5.65. The van der Waals surface area contributed by atoms with Crippen molar-refractivity contribution in [1.82, 2.24) is 0 Å². The Labute approximate surface area is 184 Å².